The number of nitrogens with one attached hydrogen (secondary N) is 1. The van der Waals surface area contributed by atoms with Crippen molar-refractivity contribution in [1.82, 2.24) is 5.32 Å². The molecule has 1 aliphatic heterocycles. The van der Waals surface area contributed by atoms with Gasteiger partial charge in [0.2, 0.25) is 0 Å². The molecule has 0 aromatic carbocycles. The van der Waals surface area contributed by atoms with Gasteiger partial charge in [0.15, 0.2) is 0 Å². The lowest BCUT2D eigenvalue weighted by atomic mass is 10.1. The number of carbonyl (C=O) groups excluding carboxylic acids is 1. The molecule has 4 nitrogen and oxygen atoms in total. The summed E-state index contributed by atoms with van der Waals surface area (Å²) >= 11 is 0. The molecule has 1 fully saturated rings. The molecule has 0 aliphatic carbocycles. The molecule has 84 valence electrons. The zero-order valence-corrected chi connectivity index (χ0v) is 9.25. The van der Waals surface area contributed by atoms with Crippen LogP contribution in [0, 0.1) is 5.92 Å². The van der Waals surface area contributed by atoms with Crippen molar-refractivity contribution in [2.45, 2.75) is 32.8 Å². The van der Waals surface area contributed by atoms with Gasteiger partial charge < -0.3 is 15.2 Å². The maximum absolute atomic E-state index is 9.60. The van der Waals surface area contributed by atoms with Gasteiger partial charge in [-0.1, -0.05) is 0 Å². The minimum absolute atomic E-state index is 0.318. The summed E-state index contributed by atoms with van der Waals surface area (Å²) in [5.41, 5.74) is -0.318. The van der Waals surface area contributed by atoms with Gasteiger partial charge >= 0.3 is 0 Å². The number of hydrogen-bond acceptors (Lipinski definition) is 4. The van der Waals surface area contributed by atoms with E-state index in [9.17, 15) is 4.79 Å². The smallest absolute Gasteiger partial charge is 0.293 e. The molecule has 0 bridgehead atoms. The van der Waals surface area contributed by atoms with E-state index >= 15 is 0 Å². The highest BCUT2D eigenvalue weighted by atomic mass is 16.5. The van der Waals surface area contributed by atoms with E-state index in [-0.39, 0.29) is 5.60 Å². The van der Waals surface area contributed by atoms with Crippen LogP contribution in [-0.2, 0) is 9.53 Å². The van der Waals surface area contributed by atoms with E-state index in [2.05, 4.69) is 10.1 Å². The van der Waals surface area contributed by atoms with Crippen molar-refractivity contribution in [2.75, 3.05) is 19.7 Å². The van der Waals surface area contributed by atoms with Gasteiger partial charge in [-0.15, -0.1) is 0 Å². The minimum atomic E-state index is -0.318. The normalized spacial score (nSPS) is 21.0. The number of hydrogen-bond donors (Lipinski definition) is 2. The fourth-order valence-corrected chi connectivity index (χ4v) is 1.01. The Morgan fingerprint density at radius 1 is 1.57 bits per heavy atom. The molecule has 1 atom stereocenters. The van der Waals surface area contributed by atoms with Crippen molar-refractivity contribution in [3.8, 4) is 0 Å². The van der Waals surface area contributed by atoms with Crippen LogP contribution in [0.1, 0.15) is 27.2 Å². The van der Waals surface area contributed by atoms with Crippen LogP contribution in [0.5, 0.6) is 0 Å². The van der Waals surface area contributed by atoms with Crippen molar-refractivity contribution in [2.24, 2.45) is 5.92 Å². The van der Waals surface area contributed by atoms with E-state index in [4.69, 9.17) is 5.11 Å². The molecule has 4 heteroatoms. The average molecular weight is 203 g/mol. The largest absolute Gasteiger partial charge is 0.462 e. The summed E-state index contributed by atoms with van der Waals surface area (Å²) in [5, 5.41) is 11.7. The van der Waals surface area contributed by atoms with E-state index in [0.29, 0.717) is 19.0 Å². The molecular formula is C10H21NO3. The quantitative estimate of drug-likeness (QED) is 0.643. The Balaban J connectivity index is 0.000000241. The standard InChI is InChI=1S/C5H11NO.C5H10O2/c7-4-5-1-2-6-3-5;1-5(2,3)7-4-6/h5-7H,1-4H2;4H,1-3H3/t5-;/m0./s1. The first-order valence-corrected chi connectivity index (χ1v) is 4.92. The summed E-state index contributed by atoms with van der Waals surface area (Å²) in [6, 6.07) is 0. The molecule has 0 saturated carbocycles. The summed E-state index contributed by atoms with van der Waals surface area (Å²) in [5.74, 6) is 0.542. The van der Waals surface area contributed by atoms with Crippen molar-refractivity contribution in [3.63, 3.8) is 0 Å². The SMILES string of the molecule is CC(C)(C)OC=O.OC[C@H]1CCNC1. The molecule has 1 heterocycles. The summed E-state index contributed by atoms with van der Waals surface area (Å²) in [7, 11) is 0. The number of carbonyl (C=O) groups is 1. The Labute approximate surface area is 85.6 Å². The average Bonchev–Trinajstić information content (AvgIpc) is 2.54. The van der Waals surface area contributed by atoms with E-state index < -0.39 is 0 Å². The Morgan fingerprint density at radius 3 is 2.36 bits per heavy atom. The minimum Gasteiger partial charge on any atom is -0.462 e. The van der Waals surface area contributed by atoms with Crippen molar-refractivity contribution >= 4 is 6.47 Å². The van der Waals surface area contributed by atoms with Crippen molar-refractivity contribution in [3.05, 3.63) is 0 Å². The summed E-state index contributed by atoms with van der Waals surface area (Å²) < 4.78 is 4.55. The molecule has 14 heavy (non-hydrogen) atoms. The van der Waals surface area contributed by atoms with E-state index in [1.807, 2.05) is 20.8 Å². The highest BCUT2D eigenvalue weighted by Gasteiger charge is 2.11. The van der Waals surface area contributed by atoms with Gasteiger partial charge in [0.1, 0.15) is 5.60 Å². The molecule has 0 radical (unpaired) electrons. The lowest BCUT2D eigenvalue weighted by molar-refractivity contribution is -0.138. The highest BCUT2D eigenvalue weighted by molar-refractivity contribution is 5.37. The van der Waals surface area contributed by atoms with Gasteiger partial charge in [-0.3, -0.25) is 4.79 Å². The number of aliphatic hydroxyl groups is 1. The maximum atomic E-state index is 9.60. The zero-order valence-electron chi connectivity index (χ0n) is 9.25. The van der Waals surface area contributed by atoms with Gasteiger partial charge in [-0.05, 0) is 39.7 Å². The van der Waals surface area contributed by atoms with Crippen LogP contribution in [0.2, 0.25) is 0 Å². The second kappa shape index (κ2) is 6.79. The summed E-state index contributed by atoms with van der Waals surface area (Å²) in [4.78, 5) is 9.60. The maximum Gasteiger partial charge on any atom is 0.293 e. The third kappa shape index (κ3) is 8.01. The number of rotatable bonds is 2. The summed E-state index contributed by atoms with van der Waals surface area (Å²) in [6.07, 6.45) is 1.15. The molecule has 0 aromatic heterocycles. The molecule has 0 aromatic rings. The van der Waals surface area contributed by atoms with Crippen LogP contribution in [0.3, 0.4) is 0 Å². The third-order valence-electron chi connectivity index (χ3n) is 1.82. The topological polar surface area (TPSA) is 58.6 Å². The summed E-state index contributed by atoms with van der Waals surface area (Å²) in [6.45, 7) is 8.37. The van der Waals surface area contributed by atoms with Crippen molar-refractivity contribution in [1.29, 1.82) is 0 Å². The van der Waals surface area contributed by atoms with Crippen LogP contribution < -0.4 is 5.32 Å². The fourth-order valence-electron chi connectivity index (χ4n) is 1.01. The predicted molar refractivity (Wildman–Crippen MR) is 55.0 cm³/mol. The van der Waals surface area contributed by atoms with E-state index in [1.54, 1.807) is 0 Å². The Kier molecular flexibility index (Phi) is 6.49. The van der Waals surface area contributed by atoms with Gasteiger partial charge in [0.05, 0.1) is 0 Å². The second-order valence-corrected chi connectivity index (χ2v) is 4.37. The zero-order chi connectivity index (χ0) is 11.0. The van der Waals surface area contributed by atoms with E-state index in [1.165, 1.54) is 0 Å². The molecule has 0 amide bonds. The monoisotopic (exact) mass is 203 g/mol. The second-order valence-electron chi connectivity index (χ2n) is 4.37. The van der Waals surface area contributed by atoms with Gasteiger partial charge in [0.25, 0.3) is 6.47 Å². The molecule has 2 N–H and O–H groups in total. The fraction of sp³-hybridized carbons (Fsp3) is 0.900. The molecule has 1 rings (SSSR count). The highest BCUT2D eigenvalue weighted by Crippen LogP contribution is 2.04. The van der Waals surface area contributed by atoms with Crippen LogP contribution in [-0.4, -0.2) is 36.9 Å². The van der Waals surface area contributed by atoms with Gasteiger partial charge in [-0.25, -0.2) is 0 Å². The van der Waals surface area contributed by atoms with Crippen LogP contribution in [0.25, 0.3) is 0 Å². The number of ether oxygens (including phenoxy) is 1. The van der Waals surface area contributed by atoms with Gasteiger partial charge in [-0.2, -0.15) is 0 Å². The number of aliphatic hydroxyl groups excluding tert-OH is 1. The Hall–Kier alpha value is -0.610. The molecule has 0 spiro atoms. The molecule has 0 unspecified atom stereocenters. The first kappa shape index (κ1) is 13.4. The molecule has 1 aliphatic rings. The third-order valence-corrected chi connectivity index (χ3v) is 1.82. The first-order valence-electron chi connectivity index (χ1n) is 4.92. The molecule has 1 saturated heterocycles. The van der Waals surface area contributed by atoms with E-state index in [0.717, 1.165) is 19.5 Å². The van der Waals surface area contributed by atoms with Crippen LogP contribution in [0.4, 0.5) is 0 Å². The Morgan fingerprint density at radius 2 is 2.21 bits per heavy atom. The first-order chi connectivity index (χ1) is 6.49. The van der Waals surface area contributed by atoms with Crippen LogP contribution >= 0.6 is 0 Å². The predicted octanol–water partition coefficient (Wildman–Crippen LogP) is 0.546. The lowest BCUT2D eigenvalue weighted by Gasteiger charge is -2.14. The van der Waals surface area contributed by atoms with Gasteiger partial charge in [0, 0.05) is 13.2 Å². The Bertz CT molecular complexity index is 148. The molecular weight excluding hydrogens is 182 g/mol. The van der Waals surface area contributed by atoms with Crippen LogP contribution in [0.15, 0.2) is 0 Å². The lowest BCUT2D eigenvalue weighted by Crippen LogP contribution is -2.17. The van der Waals surface area contributed by atoms with Crippen molar-refractivity contribution < 1.29 is 14.6 Å².